The van der Waals surface area contributed by atoms with E-state index in [0.717, 1.165) is 115 Å². The van der Waals surface area contributed by atoms with E-state index in [0.29, 0.717) is 148 Å². The summed E-state index contributed by atoms with van der Waals surface area (Å²) >= 11 is 6.22. The smallest absolute Gasteiger partial charge is 0.272 e. The molecule has 0 radical (unpaired) electrons. The standard InChI is InChI=1S/C28H29N3O5S.C25H28N4O3.C24H23ClN2O2.C24H25N3O4/c1-19(2)37(33,34)23-8-5-21(6-9-23)27(32)30-14-12-28(13-15-30)26-11-7-22(17-29)31(26)24-10-4-20(18-35-3)16-25(24)36-28;1-16(2)31-21-10-9-20(27-17(21)3)24(30)29-13-11-25(12-14-29)19-15-26-28(4)23(19)18-7-5-6-8-22(18)32-25;1-2-17-6-3-4-7-19(17)23(28)26-14-11-24(12-15-26)22-8-5-13-27(22)20-10-9-18(25)16-21(20)29-24;1-26-21-16-7-4-5-9-19(16)31-24(18(21)15-25-26)11-13-27(14-12-24)23(28)17-8-6-10-20(29-2)22(17)30-3/h4-11,16,19H,12-15,18H2,1-3H3;5-10,15-16H,11-14H2,1-4H3;3-10,13,16H,2,11-12,14-15H2,1H3;4-10,15H,11-14H2,1-3H3. The molecule has 12 aromatic rings. The van der Waals surface area contributed by atoms with Crippen LogP contribution in [0, 0.1) is 18.3 Å². The summed E-state index contributed by atoms with van der Waals surface area (Å²) < 4.78 is 81.1. The molecular formula is C101H105ClN12O14S. The minimum absolute atomic E-state index is 0.0540. The van der Waals surface area contributed by atoms with E-state index in [4.69, 9.17) is 49.5 Å². The third-order valence-electron chi connectivity index (χ3n) is 26.2. The van der Waals surface area contributed by atoms with Crippen LogP contribution in [0.2, 0.25) is 5.02 Å². The van der Waals surface area contributed by atoms with Crippen molar-refractivity contribution in [2.24, 2.45) is 14.1 Å². The number of rotatable bonds is 13. The molecule has 8 aliphatic rings. The van der Waals surface area contributed by atoms with Gasteiger partial charge in [0.05, 0.1) is 94.9 Å². The summed E-state index contributed by atoms with van der Waals surface area (Å²) in [7, 11) is 5.29. The van der Waals surface area contributed by atoms with Crippen LogP contribution in [0.15, 0.2) is 212 Å². The molecule has 20 rings (SSSR count). The summed E-state index contributed by atoms with van der Waals surface area (Å²) in [4.78, 5) is 65.1. The number of sulfone groups is 1. The van der Waals surface area contributed by atoms with E-state index < -0.39 is 37.5 Å². The monoisotopic (exact) mass is 1780 g/mol. The number of aromatic nitrogens is 7. The number of hydrogen-bond donors (Lipinski definition) is 0. The molecule has 129 heavy (non-hydrogen) atoms. The summed E-state index contributed by atoms with van der Waals surface area (Å²) in [5.41, 5.74) is 13.9. The molecule has 4 saturated heterocycles. The fourth-order valence-electron chi connectivity index (χ4n) is 19.3. The van der Waals surface area contributed by atoms with Crippen molar-refractivity contribution in [1.82, 2.24) is 53.3 Å². The number of amides is 4. The molecule has 28 heteroatoms. The molecule has 0 aliphatic carbocycles. The van der Waals surface area contributed by atoms with E-state index in [1.807, 2.05) is 197 Å². The summed E-state index contributed by atoms with van der Waals surface area (Å²) in [5, 5.41) is 18.9. The lowest BCUT2D eigenvalue weighted by Gasteiger charge is -2.45. The van der Waals surface area contributed by atoms with Crippen molar-refractivity contribution in [3.05, 3.63) is 279 Å². The van der Waals surface area contributed by atoms with Gasteiger partial charge in [0, 0.05) is 176 Å². The molecular weight excluding hydrogens is 1670 g/mol. The molecule has 8 aliphatic heterocycles. The molecule has 4 fully saturated rings. The number of nitrogens with zero attached hydrogens (tertiary/aromatic N) is 12. The average molecular weight is 1780 g/mol. The molecule has 0 saturated carbocycles. The molecule has 0 atom stereocenters. The van der Waals surface area contributed by atoms with Gasteiger partial charge in [-0.15, -0.1) is 0 Å². The Kier molecular flexibility index (Phi) is 24.4. The predicted molar refractivity (Wildman–Crippen MR) is 488 cm³/mol. The zero-order valence-corrected chi connectivity index (χ0v) is 76.0. The number of nitriles is 1. The Bertz CT molecular complexity index is 6430. The first-order valence-corrected chi connectivity index (χ1v) is 45.9. The Hall–Kier alpha value is -13.2. The number of carbonyl (C=O) groups excluding carboxylic acids is 4. The first-order chi connectivity index (χ1) is 62.3. The van der Waals surface area contributed by atoms with Gasteiger partial charge < -0.3 is 62.1 Å². The SMILES string of the molecule is CCc1ccccc1C(=O)N1CCC2(CC1)Oc1cc(Cl)ccc1-n1cccc12.COCc1ccc2c(c1)OC1(CCN(C(=O)c3ccc(S(=O)(=O)C(C)C)cc3)CC1)c1ccc(C#N)n1-2.COc1cccc(C(=O)N2CCC3(CC2)Oc2ccccc2-c2c3cnn2C)c1OC.Cc1nc(C(=O)N2CCC3(CC2)Oc2ccccc2-c2c3cnn2C)ccc1OC(C)C. The number of ether oxygens (including phenoxy) is 8. The Morgan fingerprint density at radius 2 is 1.05 bits per heavy atom. The van der Waals surface area contributed by atoms with Crippen molar-refractivity contribution in [2.45, 2.75) is 145 Å². The van der Waals surface area contributed by atoms with Crippen molar-refractivity contribution in [3.63, 3.8) is 0 Å². The number of carbonyl (C=O) groups is 4. The largest absolute Gasteiger partial charge is 0.493 e. The molecule has 666 valence electrons. The van der Waals surface area contributed by atoms with Crippen LogP contribution in [0.4, 0.5) is 0 Å². The number of methoxy groups -OCH3 is 3. The topological polar surface area (TPSA) is 271 Å². The summed E-state index contributed by atoms with van der Waals surface area (Å²) in [6.45, 7) is 16.2. The minimum atomic E-state index is -3.40. The normalized spacial score (nSPS) is 16.4. The molecule has 4 amide bonds. The number of pyridine rings is 1. The second-order valence-electron chi connectivity index (χ2n) is 34.4. The van der Waals surface area contributed by atoms with Crippen molar-refractivity contribution < 1.29 is 65.5 Å². The highest BCUT2D eigenvalue weighted by Gasteiger charge is 2.51. The van der Waals surface area contributed by atoms with Gasteiger partial charge in [-0.2, -0.15) is 15.5 Å². The summed E-state index contributed by atoms with van der Waals surface area (Å²) in [6, 6.07) is 61.1. The maximum atomic E-state index is 13.3. The Morgan fingerprint density at radius 1 is 0.527 bits per heavy atom. The maximum Gasteiger partial charge on any atom is 0.272 e. The fourth-order valence-corrected chi connectivity index (χ4v) is 20.5. The number of para-hydroxylation sites is 3. The third kappa shape index (κ3) is 16.4. The second kappa shape index (κ2) is 35.8. The number of likely N-dealkylation sites (tertiary alicyclic amines) is 4. The van der Waals surface area contributed by atoms with Gasteiger partial charge in [-0.05, 0) is 180 Å². The molecule has 0 N–H and O–H groups in total. The van der Waals surface area contributed by atoms with Crippen LogP contribution >= 0.6 is 11.6 Å². The Morgan fingerprint density at radius 3 is 1.61 bits per heavy atom. The number of hydrogen-bond acceptors (Lipinski definition) is 18. The number of fused-ring (bicyclic) bond motifs is 16. The van der Waals surface area contributed by atoms with E-state index in [1.165, 1.54) is 12.1 Å². The second-order valence-corrected chi connectivity index (χ2v) is 37.3. The number of halogens is 1. The van der Waals surface area contributed by atoms with Crippen LogP contribution in [0.5, 0.6) is 40.2 Å². The molecule has 7 aromatic carbocycles. The lowest BCUT2D eigenvalue weighted by atomic mass is 9.81. The van der Waals surface area contributed by atoms with E-state index in [1.54, 1.807) is 70.4 Å². The van der Waals surface area contributed by atoms with Gasteiger partial charge in [-0.3, -0.25) is 33.1 Å². The lowest BCUT2D eigenvalue weighted by molar-refractivity contribution is -0.00989. The minimum Gasteiger partial charge on any atom is -0.493 e. The quantitative estimate of drug-likeness (QED) is 0.104. The van der Waals surface area contributed by atoms with Crippen molar-refractivity contribution in [1.29, 1.82) is 5.26 Å². The van der Waals surface area contributed by atoms with Crippen molar-refractivity contribution in [2.75, 3.05) is 73.7 Å². The number of piperidine rings is 4. The Balaban J connectivity index is 0.000000121. The third-order valence-corrected chi connectivity index (χ3v) is 28.6. The van der Waals surface area contributed by atoms with E-state index in [2.05, 4.69) is 63.2 Å². The maximum absolute atomic E-state index is 13.3. The van der Waals surface area contributed by atoms with Gasteiger partial charge in [0.2, 0.25) is 0 Å². The molecule has 0 unspecified atom stereocenters. The highest BCUT2D eigenvalue weighted by atomic mass is 35.5. The molecule has 4 spiro atoms. The van der Waals surface area contributed by atoms with E-state index in [9.17, 15) is 32.9 Å². The average Bonchev–Trinajstić information content (AvgIpc) is 1.60. The van der Waals surface area contributed by atoms with Crippen LogP contribution in [-0.4, -0.2) is 170 Å². The summed E-state index contributed by atoms with van der Waals surface area (Å²) in [5.74, 6) is 4.83. The van der Waals surface area contributed by atoms with Crippen LogP contribution in [-0.2, 0) is 64.1 Å². The number of benzene rings is 7. The van der Waals surface area contributed by atoms with E-state index in [-0.39, 0.29) is 34.6 Å². The lowest BCUT2D eigenvalue weighted by Crippen LogP contribution is -2.50. The van der Waals surface area contributed by atoms with Crippen molar-refractivity contribution in [3.8, 4) is 80.2 Å². The number of aryl methyl sites for hydroxylation is 4. The fraction of sp³-hybridized carbons (Fsp3) is 0.347. The molecule has 13 heterocycles. The van der Waals surface area contributed by atoms with Gasteiger partial charge in [0.25, 0.3) is 23.6 Å². The summed E-state index contributed by atoms with van der Waals surface area (Å²) in [6.07, 6.45) is 12.2. The molecule has 5 aromatic heterocycles. The van der Waals surface area contributed by atoms with Gasteiger partial charge in [-0.1, -0.05) is 73.1 Å². The highest BCUT2D eigenvalue weighted by Crippen LogP contribution is 2.54. The van der Waals surface area contributed by atoms with Crippen LogP contribution < -0.4 is 33.2 Å². The van der Waals surface area contributed by atoms with Crippen molar-refractivity contribution >= 4 is 45.1 Å². The van der Waals surface area contributed by atoms with E-state index >= 15 is 0 Å². The van der Waals surface area contributed by atoms with Crippen LogP contribution in [0.25, 0.3) is 33.9 Å². The zero-order chi connectivity index (χ0) is 90.4. The van der Waals surface area contributed by atoms with Gasteiger partial charge in [-0.25, -0.2) is 13.4 Å². The van der Waals surface area contributed by atoms with Crippen LogP contribution in [0.3, 0.4) is 0 Å². The van der Waals surface area contributed by atoms with Gasteiger partial charge >= 0.3 is 0 Å². The first kappa shape index (κ1) is 87.9. The van der Waals surface area contributed by atoms with Gasteiger partial charge in [0.15, 0.2) is 32.5 Å². The van der Waals surface area contributed by atoms with Gasteiger partial charge in [0.1, 0.15) is 57.4 Å². The Labute approximate surface area is 756 Å². The molecule has 26 nitrogen and oxygen atoms in total. The first-order valence-electron chi connectivity index (χ1n) is 43.9. The zero-order valence-electron chi connectivity index (χ0n) is 74.4. The highest BCUT2D eigenvalue weighted by molar-refractivity contribution is 7.92. The molecule has 0 bridgehead atoms. The van der Waals surface area contributed by atoms with Crippen LogP contribution in [0.1, 0.15) is 173 Å². The predicted octanol–water partition coefficient (Wildman–Crippen LogP) is 17.1.